The molecule has 12 heteroatoms. The standard InChI is InChI=1S/C41H40F5N3O3S/c1-27-22-30(14-15-34(27)41(44,45)46)29-12-10-28(11-13-29)24-48(32-16-18-47(19-17-32)20-21-52-2)38(51)25-49-36-9-4-3-7-33(36)37(50)23-39(49)53-26-31-6-5-8-35(42)40(31)43/h3-15,22-23,32H,16-21,24-26H2,1-2H3/i2D3,3D,4D,5D,6D,7D,8D,9D,10D,11D,12D,13D,14D,15D,20D2,22D,23D,25D2. The van der Waals surface area contributed by atoms with E-state index in [1.165, 1.54) is 0 Å². The number of pyridine rings is 1. The molecule has 0 aliphatic carbocycles. The zero-order valence-corrected chi connectivity index (χ0v) is 28.2. The number of halogens is 5. The number of nitrogens with zero attached hydrogens (tertiary/aromatic N) is 3. The number of hydrogen-bond acceptors (Lipinski definition) is 5. The van der Waals surface area contributed by atoms with Crippen molar-refractivity contribution in [2.45, 2.75) is 55.8 Å². The van der Waals surface area contributed by atoms with Crippen molar-refractivity contribution >= 4 is 28.6 Å². The van der Waals surface area contributed by atoms with Crippen LogP contribution in [0.5, 0.6) is 0 Å². The maximum atomic E-state index is 15.4. The predicted molar refractivity (Wildman–Crippen MR) is 198 cm³/mol. The lowest BCUT2D eigenvalue weighted by molar-refractivity contribution is -0.138. The summed E-state index contributed by atoms with van der Waals surface area (Å²) >= 11 is 0.0761. The van der Waals surface area contributed by atoms with E-state index in [-0.39, 0.29) is 42.3 Å². The molecule has 2 heterocycles. The number of likely N-dealkylation sites (tertiary alicyclic amines) is 1. The second-order valence-electron chi connectivity index (χ2n) is 11.4. The molecule has 0 saturated carbocycles. The summed E-state index contributed by atoms with van der Waals surface area (Å²) < 4.78 is 263. The Bertz CT molecular complexity index is 3170. The second-order valence-corrected chi connectivity index (χ2v) is 12.4. The number of fused-ring (bicyclic) bond motifs is 1. The quantitative estimate of drug-likeness (QED) is 0.0939. The Morgan fingerprint density at radius 3 is 2.47 bits per heavy atom. The van der Waals surface area contributed by atoms with Crippen molar-refractivity contribution in [3.05, 3.63) is 135 Å². The number of methoxy groups -OCH3 is 1. The fourth-order valence-corrected chi connectivity index (χ4v) is 6.32. The highest BCUT2D eigenvalue weighted by Gasteiger charge is 2.32. The van der Waals surface area contributed by atoms with Crippen LogP contribution in [-0.4, -0.2) is 59.5 Å². The van der Waals surface area contributed by atoms with Gasteiger partial charge in [0.2, 0.25) is 5.91 Å². The fraction of sp³-hybridized carbons (Fsp3) is 0.317. The minimum atomic E-state index is -5.23. The highest BCUT2D eigenvalue weighted by molar-refractivity contribution is 7.98. The number of carbonyl (C=O) groups excluding carboxylic acids is 1. The number of para-hydroxylation sites is 1. The number of carbonyl (C=O) groups is 1. The van der Waals surface area contributed by atoms with E-state index < -0.39 is 214 Å². The van der Waals surface area contributed by atoms with Crippen molar-refractivity contribution in [1.29, 1.82) is 0 Å². The molecule has 6 rings (SSSR count). The summed E-state index contributed by atoms with van der Waals surface area (Å²) in [5.41, 5.74) is -8.64. The summed E-state index contributed by atoms with van der Waals surface area (Å²) in [7, 11) is -3.03. The van der Waals surface area contributed by atoms with Gasteiger partial charge in [-0.1, -0.05) is 60.4 Å². The first-order valence-electron chi connectivity index (χ1n) is 26.5. The molecular formula is C41H40F5N3O3S. The molecule has 0 radical (unpaired) electrons. The minimum Gasteiger partial charge on any atom is -0.383 e. The molecular weight excluding hydrogens is 710 g/mol. The van der Waals surface area contributed by atoms with Gasteiger partial charge in [-0.2, -0.15) is 13.2 Å². The van der Waals surface area contributed by atoms with Crippen molar-refractivity contribution in [2.75, 3.05) is 33.2 Å². The maximum Gasteiger partial charge on any atom is 0.416 e. The Hall–Kier alpha value is -4.52. The third kappa shape index (κ3) is 9.00. The lowest BCUT2D eigenvalue weighted by atomic mass is 9.98. The predicted octanol–water partition coefficient (Wildman–Crippen LogP) is 8.71. The molecule has 6 nitrogen and oxygen atoms in total. The maximum absolute atomic E-state index is 15.4. The van der Waals surface area contributed by atoms with Gasteiger partial charge >= 0.3 is 6.18 Å². The Labute approximate surface area is 340 Å². The van der Waals surface area contributed by atoms with Gasteiger partial charge in [0.25, 0.3) is 0 Å². The lowest BCUT2D eigenvalue weighted by Gasteiger charge is -2.39. The summed E-state index contributed by atoms with van der Waals surface area (Å²) in [5, 5.41) is -2.06. The average Bonchev–Trinajstić information content (AvgIpc) is 3.33. The minimum absolute atomic E-state index is 0.0761. The van der Waals surface area contributed by atoms with E-state index >= 15 is 9.18 Å². The summed E-state index contributed by atoms with van der Waals surface area (Å²) in [5.74, 6) is -6.56. The topological polar surface area (TPSA) is 54.8 Å². The van der Waals surface area contributed by atoms with Crippen LogP contribution in [0.25, 0.3) is 22.0 Å². The van der Waals surface area contributed by atoms with Crippen molar-refractivity contribution < 1.29 is 61.6 Å². The number of hydrogen-bond donors (Lipinski definition) is 0. The third-order valence-corrected chi connectivity index (χ3v) is 9.00. The number of benzene rings is 4. The van der Waals surface area contributed by atoms with Crippen LogP contribution in [0, 0.1) is 18.6 Å². The number of alkyl halides is 3. The van der Waals surface area contributed by atoms with Gasteiger partial charge in [0, 0.05) is 64.7 Å². The average molecular weight is 772 g/mol. The Morgan fingerprint density at radius 2 is 1.74 bits per heavy atom. The van der Waals surface area contributed by atoms with Crippen molar-refractivity contribution in [2.24, 2.45) is 0 Å². The molecule has 1 fully saturated rings. The molecule has 1 aliphatic heterocycles. The van der Waals surface area contributed by atoms with E-state index in [1.54, 1.807) is 0 Å². The number of ether oxygens (including phenoxy) is 1. The van der Waals surface area contributed by atoms with E-state index in [1.807, 2.05) is 0 Å². The molecule has 1 aliphatic rings. The SMILES string of the molecule is [2H]c1c([2H])c(F)c(F)c(CSc2c([2H])c(=O)c3c([2H])c([2H])c([2H])c([2H])c3n2C([2H])([2H])C(=O)N(Cc2c([2H])c([2H])c(-c3c([2H])c([2H])c(C(F)(F)F)c(C)c3[2H])c([2H])c2[2H])C2CCN(C([2H])([2H])COC([2H])([2H])[2H])CC2)c1[2H]. The van der Waals surface area contributed by atoms with Crippen LogP contribution in [0.2, 0.25) is 0 Å². The van der Waals surface area contributed by atoms with Crippen molar-refractivity contribution in [3.8, 4) is 11.1 Å². The molecule has 0 N–H and O–H groups in total. The summed E-state index contributed by atoms with van der Waals surface area (Å²) in [4.78, 5) is 31.1. The number of thioether (sulfide) groups is 1. The van der Waals surface area contributed by atoms with E-state index in [0.29, 0.717) is 4.90 Å². The lowest BCUT2D eigenvalue weighted by Crippen LogP contribution is -2.48. The number of rotatable bonds is 12. The molecule has 0 bridgehead atoms. The first-order chi connectivity index (χ1) is 34.3. The van der Waals surface area contributed by atoms with E-state index in [2.05, 4.69) is 0 Å². The van der Waals surface area contributed by atoms with Crippen molar-refractivity contribution in [1.82, 2.24) is 14.4 Å². The van der Waals surface area contributed by atoms with Crippen molar-refractivity contribution in [3.63, 3.8) is 0 Å². The third-order valence-electron chi connectivity index (χ3n) is 8.01. The highest BCUT2D eigenvalue weighted by Crippen LogP contribution is 2.34. The zero-order chi connectivity index (χ0) is 56.8. The smallest absolute Gasteiger partial charge is 0.383 e. The van der Waals surface area contributed by atoms with Gasteiger partial charge < -0.3 is 19.1 Å². The van der Waals surface area contributed by atoms with Crippen LogP contribution in [0.4, 0.5) is 22.0 Å². The Balaban J connectivity index is 1.60. The zero-order valence-electron chi connectivity index (χ0n) is 49.4. The van der Waals surface area contributed by atoms with E-state index in [4.69, 9.17) is 32.2 Å². The second kappa shape index (κ2) is 16.7. The van der Waals surface area contributed by atoms with Gasteiger partial charge in [0.1, 0.15) is 6.50 Å². The molecule has 0 spiro atoms. The Kier molecular flexibility index (Phi) is 6.03. The first kappa shape index (κ1) is 19.2. The molecule has 278 valence electrons. The largest absolute Gasteiger partial charge is 0.416 e. The highest BCUT2D eigenvalue weighted by atomic mass is 32.2. The van der Waals surface area contributed by atoms with Gasteiger partial charge in [-0.3, -0.25) is 9.59 Å². The summed E-state index contributed by atoms with van der Waals surface area (Å²) in [6.45, 7) is -8.46. The number of amides is 1. The summed E-state index contributed by atoms with van der Waals surface area (Å²) in [6.07, 6.45) is -5.97. The van der Waals surface area contributed by atoms with Crippen LogP contribution < -0.4 is 5.43 Å². The number of aromatic nitrogens is 1. The molecule has 0 atom stereocenters. The fourth-order valence-electron chi connectivity index (χ4n) is 5.41. The van der Waals surface area contributed by atoms with Crippen LogP contribution in [-0.2, 0) is 34.5 Å². The first-order valence-corrected chi connectivity index (χ1v) is 16.5. The normalized spacial score (nSPS) is 20.9. The molecule has 1 aromatic heterocycles. The van der Waals surface area contributed by atoms with Gasteiger partial charge in [-0.05, 0) is 66.2 Å². The molecule has 1 saturated heterocycles. The van der Waals surface area contributed by atoms with Gasteiger partial charge in [0.15, 0.2) is 17.1 Å². The monoisotopic (exact) mass is 771 g/mol. The molecule has 4 aromatic carbocycles. The molecule has 5 aromatic rings. The van der Waals surface area contributed by atoms with E-state index in [9.17, 15) is 25.1 Å². The van der Waals surface area contributed by atoms with Gasteiger partial charge in [-0.25, -0.2) is 8.78 Å². The van der Waals surface area contributed by atoms with Crippen LogP contribution >= 0.6 is 11.8 Å². The molecule has 53 heavy (non-hydrogen) atoms. The summed E-state index contributed by atoms with van der Waals surface area (Å²) in [6, 6.07) is -18.8. The van der Waals surface area contributed by atoms with Gasteiger partial charge in [-0.15, -0.1) is 11.8 Å². The van der Waals surface area contributed by atoms with Crippen LogP contribution in [0.1, 0.15) is 65.3 Å². The molecule has 0 unspecified atom stereocenters. The van der Waals surface area contributed by atoms with Crippen LogP contribution in [0.15, 0.2) is 100 Å². The van der Waals surface area contributed by atoms with Gasteiger partial charge in [0.05, 0.1) is 50.1 Å². The van der Waals surface area contributed by atoms with E-state index in [0.717, 1.165) is 11.8 Å². The van der Waals surface area contributed by atoms with Crippen LogP contribution in [0.3, 0.4) is 0 Å². The molecule has 1 amide bonds. The Morgan fingerprint density at radius 1 is 1.00 bits per heavy atom. The number of piperidine rings is 1.